The van der Waals surface area contributed by atoms with Gasteiger partial charge in [0.25, 0.3) is 0 Å². The second kappa shape index (κ2) is 6.65. The van der Waals surface area contributed by atoms with E-state index in [1.807, 2.05) is 26.2 Å². The van der Waals surface area contributed by atoms with E-state index in [4.69, 9.17) is 0 Å². The van der Waals surface area contributed by atoms with Gasteiger partial charge in [0.15, 0.2) is 0 Å². The van der Waals surface area contributed by atoms with Crippen molar-refractivity contribution in [3.63, 3.8) is 0 Å². The lowest BCUT2D eigenvalue weighted by molar-refractivity contribution is 0.141. The van der Waals surface area contributed by atoms with Crippen LogP contribution in [0.1, 0.15) is 44.8 Å². The minimum atomic E-state index is -0.334. The number of aliphatic hydroxyl groups is 1. The average Bonchev–Trinajstić information content (AvgIpc) is 2.35. The van der Waals surface area contributed by atoms with Crippen LogP contribution in [0.25, 0.3) is 0 Å². The van der Waals surface area contributed by atoms with Gasteiger partial charge in [-0.3, -0.25) is 0 Å². The molecule has 0 aliphatic heterocycles. The lowest BCUT2D eigenvalue weighted by Gasteiger charge is -2.19. The number of benzene rings is 1. The number of rotatable bonds is 6. The average molecular weight is 235 g/mol. The van der Waals surface area contributed by atoms with Crippen LogP contribution >= 0.6 is 0 Å². The number of anilines is 1. The maximum absolute atomic E-state index is 10.2. The molecule has 0 aromatic heterocycles. The molecule has 96 valence electrons. The Morgan fingerprint density at radius 2 is 1.82 bits per heavy atom. The lowest BCUT2D eigenvalue weighted by Crippen LogP contribution is -2.10. The van der Waals surface area contributed by atoms with E-state index in [0.29, 0.717) is 5.92 Å². The van der Waals surface area contributed by atoms with Crippen LogP contribution in [-0.4, -0.2) is 19.2 Å². The molecule has 1 atom stereocenters. The van der Waals surface area contributed by atoms with Gasteiger partial charge >= 0.3 is 0 Å². The van der Waals surface area contributed by atoms with Crippen LogP contribution in [0, 0.1) is 5.92 Å². The van der Waals surface area contributed by atoms with Gasteiger partial charge in [-0.25, -0.2) is 0 Å². The van der Waals surface area contributed by atoms with Crippen molar-refractivity contribution in [1.29, 1.82) is 0 Å². The van der Waals surface area contributed by atoms with Crippen LogP contribution in [0.2, 0.25) is 0 Å². The Labute approximate surface area is 105 Å². The van der Waals surface area contributed by atoms with E-state index < -0.39 is 0 Å². The molecule has 1 aromatic carbocycles. The van der Waals surface area contributed by atoms with Crippen LogP contribution < -0.4 is 4.90 Å². The monoisotopic (exact) mass is 235 g/mol. The van der Waals surface area contributed by atoms with Crippen molar-refractivity contribution in [2.75, 3.05) is 19.0 Å². The van der Waals surface area contributed by atoms with Crippen molar-refractivity contribution in [2.24, 2.45) is 5.92 Å². The summed E-state index contributed by atoms with van der Waals surface area (Å²) in [6, 6.07) is 8.17. The van der Waals surface area contributed by atoms with Gasteiger partial charge in [-0.1, -0.05) is 38.8 Å². The van der Waals surface area contributed by atoms with Crippen molar-refractivity contribution < 1.29 is 5.11 Å². The fraction of sp³-hybridized carbons (Fsp3) is 0.600. The largest absolute Gasteiger partial charge is 0.388 e. The Hall–Kier alpha value is -1.02. The van der Waals surface area contributed by atoms with E-state index in [2.05, 4.69) is 30.9 Å². The Bertz CT molecular complexity index is 331. The molecule has 0 fully saturated rings. The zero-order chi connectivity index (χ0) is 12.8. The third-order valence-electron chi connectivity index (χ3n) is 3.48. The highest BCUT2D eigenvalue weighted by atomic mass is 16.3. The lowest BCUT2D eigenvalue weighted by atomic mass is 9.93. The predicted molar refractivity (Wildman–Crippen MR) is 74.4 cm³/mol. The van der Waals surface area contributed by atoms with Gasteiger partial charge in [-0.05, 0) is 30.0 Å². The molecule has 1 N–H and O–H groups in total. The Morgan fingerprint density at radius 3 is 2.35 bits per heavy atom. The van der Waals surface area contributed by atoms with E-state index in [9.17, 15) is 5.11 Å². The van der Waals surface area contributed by atoms with E-state index in [1.165, 1.54) is 0 Å². The topological polar surface area (TPSA) is 23.5 Å². The maximum Gasteiger partial charge on any atom is 0.0793 e. The molecule has 0 saturated carbocycles. The second-order valence-corrected chi connectivity index (χ2v) is 4.92. The van der Waals surface area contributed by atoms with Gasteiger partial charge in [0, 0.05) is 19.8 Å². The van der Waals surface area contributed by atoms with Crippen LogP contribution in [0.4, 0.5) is 5.69 Å². The van der Waals surface area contributed by atoms with Crippen molar-refractivity contribution >= 4 is 5.69 Å². The van der Waals surface area contributed by atoms with E-state index in [-0.39, 0.29) is 6.10 Å². The van der Waals surface area contributed by atoms with Gasteiger partial charge in [0.2, 0.25) is 0 Å². The van der Waals surface area contributed by atoms with Crippen molar-refractivity contribution in [2.45, 2.75) is 39.2 Å². The quantitative estimate of drug-likeness (QED) is 0.814. The van der Waals surface area contributed by atoms with Crippen molar-refractivity contribution in [1.82, 2.24) is 0 Å². The molecule has 0 bridgehead atoms. The third kappa shape index (κ3) is 4.04. The molecule has 1 unspecified atom stereocenters. The molecule has 0 heterocycles. The molecule has 1 aromatic rings. The Morgan fingerprint density at radius 1 is 1.18 bits per heavy atom. The van der Waals surface area contributed by atoms with Gasteiger partial charge in [0.05, 0.1) is 6.10 Å². The number of aliphatic hydroxyl groups excluding tert-OH is 1. The SMILES string of the molecule is CCC(CC)CC(O)c1cccc(N(C)C)c1. The molecule has 0 radical (unpaired) electrons. The van der Waals surface area contributed by atoms with Crippen LogP contribution in [0.3, 0.4) is 0 Å². The zero-order valence-corrected chi connectivity index (χ0v) is 11.5. The summed E-state index contributed by atoms with van der Waals surface area (Å²) in [5.74, 6) is 0.619. The molecule has 0 amide bonds. The summed E-state index contributed by atoms with van der Waals surface area (Å²) in [7, 11) is 4.04. The highest BCUT2D eigenvalue weighted by Crippen LogP contribution is 2.27. The molecule has 0 aliphatic carbocycles. The standard InChI is InChI=1S/C15H25NO/c1-5-12(6-2)10-15(17)13-8-7-9-14(11-13)16(3)4/h7-9,11-12,15,17H,5-6,10H2,1-4H3. The van der Waals surface area contributed by atoms with Gasteiger partial charge in [-0.15, -0.1) is 0 Å². The first-order chi connectivity index (χ1) is 8.08. The summed E-state index contributed by atoms with van der Waals surface area (Å²) in [5.41, 5.74) is 2.18. The summed E-state index contributed by atoms with van der Waals surface area (Å²) in [6.45, 7) is 4.38. The van der Waals surface area contributed by atoms with Crippen molar-refractivity contribution in [3.8, 4) is 0 Å². The number of nitrogens with zero attached hydrogens (tertiary/aromatic N) is 1. The maximum atomic E-state index is 10.2. The minimum Gasteiger partial charge on any atom is -0.388 e. The fourth-order valence-electron chi connectivity index (χ4n) is 2.08. The summed E-state index contributed by atoms with van der Waals surface area (Å²) < 4.78 is 0. The van der Waals surface area contributed by atoms with Gasteiger partial charge in [-0.2, -0.15) is 0 Å². The number of hydrogen-bond acceptors (Lipinski definition) is 2. The molecule has 2 heteroatoms. The molecular weight excluding hydrogens is 210 g/mol. The smallest absolute Gasteiger partial charge is 0.0793 e. The van der Waals surface area contributed by atoms with Gasteiger partial charge < -0.3 is 10.0 Å². The van der Waals surface area contributed by atoms with Crippen molar-refractivity contribution in [3.05, 3.63) is 29.8 Å². The third-order valence-corrected chi connectivity index (χ3v) is 3.48. The summed E-state index contributed by atoms with van der Waals surface area (Å²) in [5, 5.41) is 10.2. The highest BCUT2D eigenvalue weighted by molar-refractivity contribution is 5.47. The minimum absolute atomic E-state index is 0.334. The fourth-order valence-corrected chi connectivity index (χ4v) is 2.08. The highest BCUT2D eigenvalue weighted by Gasteiger charge is 2.13. The second-order valence-electron chi connectivity index (χ2n) is 4.92. The molecule has 0 saturated heterocycles. The summed E-state index contributed by atoms with van der Waals surface area (Å²) in [6.07, 6.45) is 2.81. The molecular formula is C15H25NO. The first kappa shape index (κ1) is 14.0. The Balaban J connectivity index is 2.74. The van der Waals surface area contributed by atoms with E-state index in [0.717, 1.165) is 30.5 Å². The van der Waals surface area contributed by atoms with Crippen LogP contribution in [0.5, 0.6) is 0 Å². The molecule has 17 heavy (non-hydrogen) atoms. The van der Waals surface area contributed by atoms with Crippen LogP contribution in [-0.2, 0) is 0 Å². The van der Waals surface area contributed by atoms with E-state index >= 15 is 0 Å². The molecule has 0 aliphatic rings. The molecule has 0 spiro atoms. The summed E-state index contributed by atoms with van der Waals surface area (Å²) >= 11 is 0. The number of hydrogen-bond donors (Lipinski definition) is 1. The van der Waals surface area contributed by atoms with Gasteiger partial charge in [0.1, 0.15) is 0 Å². The molecule has 1 rings (SSSR count). The first-order valence-electron chi connectivity index (χ1n) is 6.53. The summed E-state index contributed by atoms with van der Waals surface area (Å²) in [4.78, 5) is 2.06. The molecule has 2 nitrogen and oxygen atoms in total. The zero-order valence-electron chi connectivity index (χ0n) is 11.5. The van der Waals surface area contributed by atoms with E-state index in [1.54, 1.807) is 0 Å². The first-order valence-corrected chi connectivity index (χ1v) is 6.53. The predicted octanol–water partition coefficient (Wildman–Crippen LogP) is 3.61. The Kier molecular flexibility index (Phi) is 5.49. The normalized spacial score (nSPS) is 12.8. The van der Waals surface area contributed by atoms with Crippen LogP contribution in [0.15, 0.2) is 24.3 Å².